The highest BCUT2D eigenvalue weighted by atomic mass is 32.1. The van der Waals surface area contributed by atoms with Gasteiger partial charge in [-0.15, -0.1) is 11.3 Å². The summed E-state index contributed by atoms with van der Waals surface area (Å²) in [6.45, 7) is 6.90. The largest absolute Gasteiger partial charge is 0.360 e. The van der Waals surface area contributed by atoms with Gasteiger partial charge in [-0.05, 0) is 13.8 Å². The molecule has 0 radical (unpaired) electrons. The minimum Gasteiger partial charge on any atom is -0.360 e. The van der Waals surface area contributed by atoms with Gasteiger partial charge in [0.1, 0.15) is 0 Å². The summed E-state index contributed by atoms with van der Waals surface area (Å²) in [5.74, 6) is -0.00157. The topological polar surface area (TPSA) is 54.0 Å². The molecule has 0 aromatic carbocycles. The fraction of sp³-hybridized carbons (Fsp3) is 0.556. The Kier molecular flexibility index (Phi) is 3.88. The van der Waals surface area contributed by atoms with Gasteiger partial charge in [0.25, 0.3) is 0 Å². The standard InChI is InChI=1S/C9H15N3OS/c1-6-7(2)14-9(12-6)11-5-4-10-8(3)13/h4-5H2,1-3H3,(H,10,13)(H,11,12). The van der Waals surface area contributed by atoms with Crippen LogP contribution in [0, 0.1) is 13.8 Å². The predicted molar refractivity (Wildman–Crippen MR) is 58.8 cm³/mol. The number of nitrogens with one attached hydrogen (secondary N) is 2. The second-order valence-electron chi connectivity index (χ2n) is 3.07. The molecule has 14 heavy (non-hydrogen) atoms. The highest BCUT2D eigenvalue weighted by Gasteiger charge is 2.01. The van der Waals surface area contributed by atoms with Gasteiger partial charge in [-0.1, -0.05) is 0 Å². The maximum absolute atomic E-state index is 10.6. The highest BCUT2D eigenvalue weighted by molar-refractivity contribution is 7.15. The quantitative estimate of drug-likeness (QED) is 0.741. The molecule has 0 aliphatic rings. The van der Waals surface area contributed by atoms with Crippen LogP contribution in [0.5, 0.6) is 0 Å². The van der Waals surface area contributed by atoms with Crippen LogP contribution in [0.2, 0.25) is 0 Å². The van der Waals surface area contributed by atoms with Gasteiger partial charge in [-0.3, -0.25) is 4.79 Å². The van der Waals surface area contributed by atoms with Gasteiger partial charge in [0.2, 0.25) is 5.91 Å². The average Bonchev–Trinajstić information content (AvgIpc) is 2.40. The molecule has 0 saturated carbocycles. The molecule has 0 aliphatic heterocycles. The molecule has 0 spiro atoms. The van der Waals surface area contributed by atoms with Crippen molar-refractivity contribution < 1.29 is 4.79 Å². The van der Waals surface area contributed by atoms with Crippen molar-refractivity contribution in [3.8, 4) is 0 Å². The van der Waals surface area contributed by atoms with Crippen LogP contribution >= 0.6 is 11.3 Å². The van der Waals surface area contributed by atoms with E-state index in [-0.39, 0.29) is 5.91 Å². The average molecular weight is 213 g/mol. The van der Waals surface area contributed by atoms with Crippen molar-refractivity contribution >= 4 is 22.4 Å². The van der Waals surface area contributed by atoms with Crippen molar-refractivity contribution in [2.45, 2.75) is 20.8 Å². The number of hydrogen-bond donors (Lipinski definition) is 2. The van der Waals surface area contributed by atoms with E-state index in [2.05, 4.69) is 15.6 Å². The summed E-state index contributed by atoms with van der Waals surface area (Å²) in [6.07, 6.45) is 0. The van der Waals surface area contributed by atoms with Crippen molar-refractivity contribution in [2.75, 3.05) is 18.4 Å². The van der Waals surface area contributed by atoms with E-state index in [4.69, 9.17) is 0 Å². The number of aromatic nitrogens is 1. The summed E-state index contributed by atoms with van der Waals surface area (Å²) in [6, 6.07) is 0. The van der Waals surface area contributed by atoms with Gasteiger partial charge >= 0.3 is 0 Å². The Morgan fingerprint density at radius 2 is 2.14 bits per heavy atom. The van der Waals surface area contributed by atoms with E-state index in [1.165, 1.54) is 11.8 Å². The van der Waals surface area contributed by atoms with Gasteiger partial charge in [-0.25, -0.2) is 4.98 Å². The van der Waals surface area contributed by atoms with Crippen LogP contribution in [0.3, 0.4) is 0 Å². The third-order valence-electron chi connectivity index (χ3n) is 1.80. The first-order chi connectivity index (χ1) is 6.59. The highest BCUT2D eigenvalue weighted by Crippen LogP contribution is 2.20. The molecule has 1 aromatic heterocycles. The second kappa shape index (κ2) is 4.95. The molecular weight excluding hydrogens is 198 g/mol. The molecule has 0 bridgehead atoms. The number of aryl methyl sites for hydroxylation is 2. The molecule has 1 heterocycles. The fourth-order valence-electron chi connectivity index (χ4n) is 0.956. The number of thiazole rings is 1. The molecule has 0 unspecified atom stereocenters. The Bertz CT molecular complexity index is 302. The number of nitrogens with zero attached hydrogens (tertiary/aromatic N) is 1. The maximum atomic E-state index is 10.6. The summed E-state index contributed by atoms with van der Waals surface area (Å²) < 4.78 is 0. The van der Waals surface area contributed by atoms with Crippen LogP contribution < -0.4 is 10.6 Å². The van der Waals surface area contributed by atoms with E-state index >= 15 is 0 Å². The minimum atomic E-state index is -0.00157. The first-order valence-corrected chi connectivity index (χ1v) is 5.33. The molecule has 0 fully saturated rings. The first kappa shape index (κ1) is 11.0. The number of anilines is 1. The van der Waals surface area contributed by atoms with Gasteiger partial charge in [-0.2, -0.15) is 0 Å². The fourth-order valence-corrected chi connectivity index (χ4v) is 1.80. The lowest BCUT2D eigenvalue weighted by molar-refractivity contribution is -0.118. The van der Waals surface area contributed by atoms with E-state index in [9.17, 15) is 4.79 Å². The molecule has 0 aliphatic carbocycles. The molecule has 0 saturated heterocycles. The molecule has 5 heteroatoms. The van der Waals surface area contributed by atoms with Crippen LogP contribution in [-0.4, -0.2) is 24.0 Å². The summed E-state index contributed by atoms with van der Waals surface area (Å²) in [7, 11) is 0. The third-order valence-corrected chi connectivity index (χ3v) is 2.83. The Labute approximate surface area is 87.7 Å². The zero-order valence-corrected chi connectivity index (χ0v) is 9.49. The number of hydrogen-bond acceptors (Lipinski definition) is 4. The molecular formula is C9H15N3OS. The zero-order chi connectivity index (χ0) is 10.6. The van der Waals surface area contributed by atoms with E-state index in [0.717, 1.165) is 10.8 Å². The van der Waals surface area contributed by atoms with Crippen molar-refractivity contribution in [1.29, 1.82) is 0 Å². The Morgan fingerprint density at radius 1 is 1.43 bits per heavy atom. The molecule has 1 rings (SSSR count). The number of carbonyl (C=O) groups excluding carboxylic acids is 1. The Morgan fingerprint density at radius 3 is 2.64 bits per heavy atom. The van der Waals surface area contributed by atoms with Gasteiger partial charge < -0.3 is 10.6 Å². The van der Waals surface area contributed by atoms with Crippen molar-refractivity contribution in [3.63, 3.8) is 0 Å². The zero-order valence-electron chi connectivity index (χ0n) is 8.68. The van der Waals surface area contributed by atoms with Gasteiger partial charge in [0, 0.05) is 24.9 Å². The number of amides is 1. The third kappa shape index (κ3) is 3.33. The van der Waals surface area contributed by atoms with Gasteiger partial charge in [0.05, 0.1) is 5.69 Å². The first-order valence-electron chi connectivity index (χ1n) is 4.52. The van der Waals surface area contributed by atoms with E-state index < -0.39 is 0 Å². The van der Waals surface area contributed by atoms with E-state index in [1.807, 2.05) is 13.8 Å². The monoisotopic (exact) mass is 213 g/mol. The summed E-state index contributed by atoms with van der Waals surface area (Å²) in [5, 5.41) is 6.79. The second-order valence-corrected chi connectivity index (χ2v) is 4.27. The van der Waals surface area contributed by atoms with E-state index in [1.54, 1.807) is 11.3 Å². The lowest BCUT2D eigenvalue weighted by atomic mass is 10.4. The Hall–Kier alpha value is -1.10. The number of carbonyl (C=O) groups is 1. The van der Waals surface area contributed by atoms with Crippen LogP contribution in [-0.2, 0) is 4.79 Å². The smallest absolute Gasteiger partial charge is 0.216 e. The lowest BCUT2D eigenvalue weighted by Crippen LogP contribution is -2.26. The molecule has 4 nitrogen and oxygen atoms in total. The van der Waals surface area contributed by atoms with Crippen LogP contribution in [0.4, 0.5) is 5.13 Å². The maximum Gasteiger partial charge on any atom is 0.216 e. The molecule has 78 valence electrons. The van der Waals surface area contributed by atoms with Crippen molar-refractivity contribution in [3.05, 3.63) is 10.6 Å². The van der Waals surface area contributed by atoms with E-state index in [0.29, 0.717) is 13.1 Å². The predicted octanol–water partition coefficient (Wildman–Crippen LogP) is 1.31. The normalized spacial score (nSPS) is 9.93. The molecule has 0 atom stereocenters. The van der Waals surface area contributed by atoms with Gasteiger partial charge in [0.15, 0.2) is 5.13 Å². The van der Waals surface area contributed by atoms with Crippen LogP contribution in [0.1, 0.15) is 17.5 Å². The molecule has 1 amide bonds. The lowest BCUT2D eigenvalue weighted by Gasteiger charge is -2.02. The number of rotatable bonds is 4. The summed E-state index contributed by atoms with van der Waals surface area (Å²) >= 11 is 1.64. The van der Waals surface area contributed by atoms with Crippen LogP contribution in [0.15, 0.2) is 0 Å². The molecule has 1 aromatic rings. The minimum absolute atomic E-state index is 0.00157. The van der Waals surface area contributed by atoms with Crippen molar-refractivity contribution in [1.82, 2.24) is 10.3 Å². The summed E-state index contributed by atoms with van der Waals surface area (Å²) in [4.78, 5) is 16.1. The SMILES string of the molecule is CC(=O)NCCNc1nc(C)c(C)s1. The van der Waals surface area contributed by atoms with Crippen LogP contribution in [0.25, 0.3) is 0 Å². The summed E-state index contributed by atoms with van der Waals surface area (Å²) in [5.41, 5.74) is 1.07. The molecule has 2 N–H and O–H groups in total. The van der Waals surface area contributed by atoms with Crippen molar-refractivity contribution in [2.24, 2.45) is 0 Å². The Balaban J connectivity index is 2.28.